The van der Waals surface area contributed by atoms with Crippen LogP contribution >= 0.6 is 0 Å². The smallest absolute Gasteiger partial charge is 0.355 e. The Hall–Kier alpha value is -4.20. The first-order valence-electron chi connectivity index (χ1n) is 13.5. The van der Waals surface area contributed by atoms with Crippen molar-refractivity contribution in [1.29, 1.82) is 5.26 Å². The van der Waals surface area contributed by atoms with Crippen molar-refractivity contribution in [2.45, 2.75) is 32.4 Å². The molecular formula is C30H35N7O3. The van der Waals surface area contributed by atoms with E-state index in [0.717, 1.165) is 30.0 Å². The molecule has 2 aromatic carbocycles. The number of carbonyl (C=O) groups is 1. The third-order valence-electron chi connectivity index (χ3n) is 7.47. The standard InChI is InChI=1S/C30H35N7O3/c1-5-27(38)37-17-16-36(18-23(37)12-14-31)29-24-13-15-35(19-25(24)32-30(33-29)40-39-20-34(3)4)26-11-7-10-22-9-6-8-21(2)28(22)26/h5-11,23H,1,12-13,15-20H2,2-4H3/t23-/m0/s1. The molecule has 0 saturated carbocycles. The summed E-state index contributed by atoms with van der Waals surface area (Å²) in [5, 5.41) is 11.9. The molecule has 10 heteroatoms. The first-order valence-corrected chi connectivity index (χ1v) is 13.5. The number of anilines is 2. The summed E-state index contributed by atoms with van der Waals surface area (Å²) in [4.78, 5) is 41.0. The number of piperazine rings is 1. The van der Waals surface area contributed by atoms with Crippen LogP contribution in [0.2, 0.25) is 0 Å². The summed E-state index contributed by atoms with van der Waals surface area (Å²) < 4.78 is 0. The number of aryl methyl sites for hydroxylation is 1. The summed E-state index contributed by atoms with van der Waals surface area (Å²) in [6, 6.07) is 14.9. The minimum atomic E-state index is -0.261. The Morgan fingerprint density at radius 3 is 2.73 bits per heavy atom. The molecule has 1 fully saturated rings. The number of nitriles is 1. The summed E-state index contributed by atoms with van der Waals surface area (Å²) in [6.45, 7) is 8.97. The molecule has 208 valence electrons. The number of rotatable bonds is 8. The lowest BCUT2D eigenvalue weighted by atomic mass is 9.99. The van der Waals surface area contributed by atoms with Crippen molar-refractivity contribution in [2.75, 3.05) is 56.8 Å². The van der Waals surface area contributed by atoms with E-state index in [1.807, 2.05) is 19.0 Å². The molecule has 3 heterocycles. The van der Waals surface area contributed by atoms with E-state index in [-0.39, 0.29) is 31.1 Å². The molecule has 0 N–H and O–H groups in total. The van der Waals surface area contributed by atoms with Gasteiger partial charge in [0, 0.05) is 42.8 Å². The van der Waals surface area contributed by atoms with E-state index in [9.17, 15) is 10.1 Å². The van der Waals surface area contributed by atoms with Crippen LogP contribution in [0, 0.1) is 18.3 Å². The lowest BCUT2D eigenvalue weighted by molar-refractivity contribution is -0.236. The molecule has 1 amide bonds. The zero-order chi connectivity index (χ0) is 28.2. The van der Waals surface area contributed by atoms with E-state index >= 15 is 0 Å². The molecule has 2 aliphatic heterocycles. The minimum Gasteiger partial charge on any atom is -0.365 e. The molecule has 5 rings (SSSR count). The van der Waals surface area contributed by atoms with Crippen LogP contribution in [0.25, 0.3) is 10.8 Å². The molecule has 0 aliphatic carbocycles. The van der Waals surface area contributed by atoms with Gasteiger partial charge in [0.25, 0.3) is 0 Å². The second-order valence-corrected chi connectivity index (χ2v) is 10.5. The molecule has 0 spiro atoms. The molecule has 1 saturated heterocycles. The first-order chi connectivity index (χ1) is 19.4. The Bertz CT molecular complexity index is 1450. The second-order valence-electron chi connectivity index (χ2n) is 10.5. The van der Waals surface area contributed by atoms with Crippen molar-refractivity contribution in [3.63, 3.8) is 0 Å². The van der Waals surface area contributed by atoms with E-state index in [2.05, 4.69) is 65.8 Å². The number of hydrogen-bond donors (Lipinski definition) is 0. The first kappa shape index (κ1) is 27.4. The van der Waals surface area contributed by atoms with Crippen molar-refractivity contribution < 1.29 is 14.6 Å². The normalized spacial score (nSPS) is 17.1. The fourth-order valence-electron chi connectivity index (χ4n) is 5.58. The van der Waals surface area contributed by atoms with Crippen molar-refractivity contribution in [3.05, 3.63) is 65.9 Å². The van der Waals surface area contributed by atoms with Crippen LogP contribution < -0.4 is 14.7 Å². The highest BCUT2D eigenvalue weighted by molar-refractivity contribution is 5.97. The summed E-state index contributed by atoms with van der Waals surface area (Å²) in [7, 11) is 3.76. The molecule has 2 aliphatic rings. The fraction of sp³-hybridized carbons (Fsp3) is 0.400. The van der Waals surface area contributed by atoms with Crippen LogP contribution in [0.4, 0.5) is 11.5 Å². The Morgan fingerprint density at radius 1 is 1.18 bits per heavy atom. The maximum atomic E-state index is 12.5. The van der Waals surface area contributed by atoms with E-state index in [0.29, 0.717) is 26.2 Å². The van der Waals surface area contributed by atoms with Gasteiger partial charge in [0.05, 0.1) is 30.8 Å². The molecule has 1 aromatic heterocycles. The van der Waals surface area contributed by atoms with Crippen molar-refractivity contribution >= 4 is 28.2 Å². The summed E-state index contributed by atoms with van der Waals surface area (Å²) in [5.74, 6) is 0.614. The van der Waals surface area contributed by atoms with Gasteiger partial charge in [-0.2, -0.15) is 20.1 Å². The number of amides is 1. The predicted molar refractivity (Wildman–Crippen MR) is 154 cm³/mol. The van der Waals surface area contributed by atoms with Gasteiger partial charge in [-0.15, -0.1) is 0 Å². The van der Waals surface area contributed by atoms with Crippen LogP contribution in [-0.4, -0.2) is 78.7 Å². The quantitative estimate of drug-likeness (QED) is 0.184. The summed E-state index contributed by atoms with van der Waals surface area (Å²) >= 11 is 0. The number of aromatic nitrogens is 2. The van der Waals surface area contributed by atoms with E-state index in [1.54, 1.807) is 4.90 Å². The van der Waals surface area contributed by atoms with Gasteiger partial charge in [-0.1, -0.05) is 36.9 Å². The van der Waals surface area contributed by atoms with E-state index in [1.165, 1.54) is 28.1 Å². The number of hydrogen-bond acceptors (Lipinski definition) is 9. The number of nitrogens with zero attached hydrogens (tertiary/aromatic N) is 7. The molecule has 40 heavy (non-hydrogen) atoms. The molecule has 3 aromatic rings. The van der Waals surface area contributed by atoms with Crippen molar-refractivity contribution in [3.8, 4) is 12.1 Å². The highest BCUT2D eigenvalue weighted by atomic mass is 17.2. The monoisotopic (exact) mass is 541 g/mol. The van der Waals surface area contributed by atoms with Crippen LogP contribution in [0.5, 0.6) is 6.01 Å². The summed E-state index contributed by atoms with van der Waals surface area (Å²) in [5.41, 5.74) is 4.36. The molecule has 0 unspecified atom stereocenters. The molecule has 0 bridgehead atoms. The summed E-state index contributed by atoms with van der Waals surface area (Å²) in [6.07, 6.45) is 2.29. The van der Waals surface area contributed by atoms with Gasteiger partial charge in [-0.25, -0.2) is 0 Å². The van der Waals surface area contributed by atoms with Crippen molar-refractivity contribution in [1.82, 2.24) is 19.8 Å². The van der Waals surface area contributed by atoms with Crippen LogP contribution in [0.3, 0.4) is 0 Å². The van der Waals surface area contributed by atoms with E-state index in [4.69, 9.17) is 19.7 Å². The zero-order valence-electron chi connectivity index (χ0n) is 23.3. The third kappa shape index (κ3) is 5.57. The Kier molecular flexibility index (Phi) is 8.14. The lowest BCUT2D eigenvalue weighted by Crippen LogP contribution is -2.55. The maximum Gasteiger partial charge on any atom is 0.355 e. The van der Waals surface area contributed by atoms with Crippen LogP contribution in [-0.2, 0) is 22.6 Å². The van der Waals surface area contributed by atoms with Crippen LogP contribution in [0.1, 0.15) is 23.2 Å². The molecular weight excluding hydrogens is 506 g/mol. The number of fused-ring (bicyclic) bond motifs is 2. The molecule has 0 radical (unpaired) electrons. The highest BCUT2D eigenvalue weighted by Gasteiger charge is 2.33. The van der Waals surface area contributed by atoms with Crippen molar-refractivity contribution in [2.24, 2.45) is 0 Å². The van der Waals surface area contributed by atoms with Gasteiger partial charge in [0.2, 0.25) is 5.91 Å². The second kappa shape index (κ2) is 11.9. The number of carbonyl (C=O) groups excluding carboxylic acids is 1. The fourth-order valence-corrected chi connectivity index (χ4v) is 5.58. The highest BCUT2D eigenvalue weighted by Crippen LogP contribution is 2.36. The van der Waals surface area contributed by atoms with Gasteiger partial charge in [-0.3, -0.25) is 14.6 Å². The van der Waals surface area contributed by atoms with E-state index < -0.39 is 0 Å². The SMILES string of the molecule is C=CC(=O)N1CCN(c2nc(OOCN(C)C)nc3c2CCN(c2cccc4cccc(C)c24)C3)C[C@@H]1CC#N. The minimum absolute atomic E-state index is 0.146. The van der Waals surface area contributed by atoms with Gasteiger partial charge in [0.15, 0.2) is 0 Å². The largest absolute Gasteiger partial charge is 0.365 e. The van der Waals surface area contributed by atoms with Gasteiger partial charge < -0.3 is 14.7 Å². The Labute approximate surface area is 234 Å². The molecule has 10 nitrogen and oxygen atoms in total. The average molecular weight is 542 g/mol. The van der Waals surface area contributed by atoms with Gasteiger partial charge in [0.1, 0.15) is 12.5 Å². The van der Waals surface area contributed by atoms with Gasteiger partial charge in [-0.05, 0) is 50.5 Å². The molecule has 1 atom stereocenters. The van der Waals surface area contributed by atoms with Crippen LogP contribution in [0.15, 0.2) is 49.1 Å². The average Bonchev–Trinajstić information content (AvgIpc) is 2.96. The maximum absolute atomic E-state index is 12.5. The topological polar surface area (TPSA) is 98.1 Å². The predicted octanol–water partition coefficient (Wildman–Crippen LogP) is 3.45. The Morgan fingerprint density at radius 2 is 1.98 bits per heavy atom. The number of benzene rings is 2. The third-order valence-corrected chi connectivity index (χ3v) is 7.47. The van der Waals surface area contributed by atoms with Gasteiger partial charge >= 0.3 is 6.01 Å². The zero-order valence-corrected chi connectivity index (χ0v) is 23.3. The lowest BCUT2D eigenvalue weighted by Gasteiger charge is -2.42. The Balaban J connectivity index is 1.49.